The Kier molecular flexibility index (Phi) is 4.74. The molecule has 15 heavy (non-hydrogen) atoms. The molecule has 0 saturated carbocycles. The van der Waals surface area contributed by atoms with Crippen LogP contribution in [0.2, 0.25) is 0 Å². The second-order valence-corrected chi connectivity index (χ2v) is 6.87. The van der Waals surface area contributed by atoms with Gasteiger partial charge in [0.2, 0.25) is 0 Å². The maximum atomic E-state index is 11.9. The predicted molar refractivity (Wildman–Crippen MR) is 60.4 cm³/mol. The first-order valence-corrected chi connectivity index (χ1v) is 7.14. The first kappa shape index (κ1) is 13.1. The molecule has 0 aromatic carbocycles. The highest BCUT2D eigenvalue weighted by molar-refractivity contribution is 7.55. The molecule has 0 radical (unpaired) electrons. The normalized spacial score (nSPS) is 27.9. The molecular formula is C9H21N2O3P. The number of hydrogen-bond donors (Lipinski definition) is 0. The van der Waals surface area contributed by atoms with Gasteiger partial charge < -0.3 is 14.2 Å². The topological polar surface area (TPSA) is 42.0 Å². The molecule has 90 valence electrons. The minimum absolute atomic E-state index is 0.0389. The van der Waals surface area contributed by atoms with Gasteiger partial charge in [-0.1, -0.05) is 0 Å². The molecule has 0 aromatic rings. The summed E-state index contributed by atoms with van der Waals surface area (Å²) in [6.07, 6.45) is 0.0389. The SMILES string of the molecule is CN1CCO[C@H](COP(C)(=O)N(C)C)C1. The van der Waals surface area contributed by atoms with E-state index in [-0.39, 0.29) is 6.10 Å². The van der Waals surface area contributed by atoms with E-state index in [9.17, 15) is 4.57 Å². The Bertz CT molecular complexity index is 248. The lowest BCUT2D eigenvalue weighted by atomic mass is 10.3. The summed E-state index contributed by atoms with van der Waals surface area (Å²) in [6, 6.07) is 0. The van der Waals surface area contributed by atoms with Crippen molar-refractivity contribution in [2.75, 3.05) is 54.1 Å². The van der Waals surface area contributed by atoms with Gasteiger partial charge in [-0.2, -0.15) is 0 Å². The number of ether oxygens (including phenoxy) is 1. The molecule has 1 fully saturated rings. The van der Waals surface area contributed by atoms with Crippen molar-refractivity contribution in [3.05, 3.63) is 0 Å². The van der Waals surface area contributed by atoms with E-state index in [4.69, 9.17) is 9.26 Å². The fourth-order valence-electron chi connectivity index (χ4n) is 1.30. The zero-order valence-electron chi connectivity index (χ0n) is 9.97. The van der Waals surface area contributed by atoms with Crippen LogP contribution in [0, 0.1) is 0 Å². The highest BCUT2D eigenvalue weighted by atomic mass is 31.2. The lowest BCUT2D eigenvalue weighted by molar-refractivity contribution is -0.0408. The van der Waals surface area contributed by atoms with Crippen LogP contribution in [0.4, 0.5) is 0 Å². The summed E-state index contributed by atoms with van der Waals surface area (Å²) in [5, 5.41) is 0. The van der Waals surface area contributed by atoms with Gasteiger partial charge in [-0.3, -0.25) is 4.57 Å². The van der Waals surface area contributed by atoms with Crippen molar-refractivity contribution in [2.24, 2.45) is 0 Å². The predicted octanol–water partition coefficient (Wildman–Crippen LogP) is 0.718. The summed E-state index contributed by atoms with van der Waals surface area (Å²) >= 11 is 0. The van der Waals surface area contributed by atoms with E-state index in [0.717, 1.165) is 19.7 Å². The van der Waals surface area contributed by atoms with Gasteiger partial charge in [0, 0.05) is 19.8 Å². The van der Waals surface area contributed by atoms with Crippen LogP contribution >= 0.6 is 7.52 Å². The fourth-order valence-corrected chi connectivity index (χ4v) is 1.98. The first-order valence-electron chi connectivity index (χ1n) is 5.12. The van der Waals surface area contributed by atoms with Gasteiger partial charge in [0.1, 0.15) is 0 Å². The Hall–Kier alpha value is 0.0700. The molecule has 1 aliphatic rings. The lowest BCUT2D eigenvalue weighted by Crippen LogP contribution is -2.42. The zero-order chi connectivity index (χ0) is 11.5. The average Bonchev–Trinajstić information content (AvgIpc) is 2.15. The maximum absolute atomic E-state index is 11.9. The average molecular weight is 236 g/mol. The molecule has 1 saturated heterocycles. The second kappa shape index (κ2) is 5.41. The lowest BCUT2D eigenvalue weighted by Gasteiger charge is -2.31. The van der Waals surface area contributed by atoms with E-state index < -0.39 is 7.52 Å². The Morgan fingerprint density at radius 1 is 1.60 bits per heavy atom. The maximum Gasteiger partial charge on any atom is 0.268 e. The molecule has 5 nitrogen and oxygen atoms in total. The minimum atomic E-state index is -2.62. The Balaban J connectivity index is 2.33. The van der Waals surface area contributed by atoms with Crippen molar-refractivity contribution in [3.63, 3.8) is 0 Å². The van der Waals surface area contributed by atoms with Crippen LogP contribution in [0.3, 0.4) is 0 Å². The smallest absolute Gasteiger partial charge is 0.268 e. The summed E-state index contributed by atoms with van der Waals surface area (Å²) in [5.41, 5.74) is 0. The Labute approximate surface area is 91.8 Å². The van der Waals surface area contributed by atoms with Gasteiger partial charge in [0.15, 0.2) is 0 Å². The summed E-state index contributed by atoms with van der Waals surface area (Å²) < 4.78 is 24.4. The Morgan fingerprint density at radius 3 is 2.80 bits per heavy atom. The molecular weight excluding hydrogens is 215 g/mol. The van der Waals surface area contributed by atoms with Gasteiger partial charge in [-0.25, -0.2) is 4.67 Å². The third-order valence-electron chi connectivity index (χ3n) is 2.57. The number of rotatable bonds is 4. The second-order valence-electron chi connectivity index (χ2n) is 4.20. The highest BCUT2D eigenvalue weighted by Gasteiger charge is 2.24. The van der Waals surface area contributed by atoms with Crippen LogP contribution in [0.25, 0.3) is 0 Å². The summed E-state index contributed by atoms with van der Waals surface area (Å²) in [7, 11) is 2.95. The quantitative estimate of drug-likeness (QED) is 0.673. The van der Waals surface area contributed by atoms with E-state index in [2.05, 4.69) is 4.90 Å². The highest BCUT2D eigenvalue weighted by Crippen LogP contribution is 2.44. The first-order chi connectivity index (χ1) is 6.92. The molecule has 1 heterocycles. The number of morpholine rings is 1. The van der Waals surface area contributed by atoms with Crippen LogP contribution in [-0.2, 0) is 13.8 Å². The summed E-state index contributed by atoms with van der Waals surface area (Å²) in [6.45, 7) is 4.54. The third kappa shape index (κ3) is 4.21. The number of likely N-dealkylation sites (N-methyl/N-ethyl adjacent to an activating group) is 1. The number of nitrogens with zero attached hydrogens (tertiary/aromatic N) is 2. The molecule has 0 N–H and O–H groups in total. The van der Waals surface area contributed by atoms with E-state index in [1.807, 2.05) is 7.05 Å². The zero-order valence-corrected chi connectivity index (χ0v) is 10.9. The van der Waals surface area contributed by atoms with E-state index in [1.54, 1.807) is 25.4 Å². The van der Waals surface area contributed by atoms with Crippen molar-refractivity contribution in [2.45, 2.75) is 6.10 Å². The van der Waals surface area contributed by atoms with E-state index in [1.165, 1.54) is 0 Å². The standard InChI is InChI=1S/C9H21N2O3P/c1-10(2)15(4,12)14-8-9-7-11(3)5-6-13-9/h9H,5-8H2,1-4H3/t9-,15?/m0/s1. The van der Waals surface area contributed by atoms with Crippen molar-refractivity contribution >= 4 is 7.52 Å². The van der Waals surface area contributed by atoms with Gasteiger partial charge in [-0.05, 0) is 21.1 Å². The summed E-state index contributed by atoms with van der Waals surface area (Å²) in [4.78, 5) is 2.19. The molecule has 1 aliphatic heterocycles. The van der Waals surface area contributed by atoms with Crippen LogP contribution < -0.4 is 0 Å². The molecule has 0 amide bonds. The van der Waals surface area contributed by atoms with Gasteiger partial charge in [0.25, 0.3) is 7.52 Å². The van der Waals surface area contributed by atoms with Crippen LogP contribution in [0.1, 0.15) is 0 Å². The minimum Gasteiger partial charge on any atom is -0.373 e. The molecule has 1 unspecified atom stereocenters. The van der Waals surface area contributed by atoms with E-state index >= 15 is 0 Å². The van der Waals surface area contributed by atoms with Crippen molar-refractivity contribution in [1.29, 1.82) is 0 Å². The molecule has 0 spiro atoms. The molecule has 2 atom stereocenters. The van der Waals surface area contributed by atoms with Gasteiger partial charge in [0.05, 0.1) is 19.3 Å². The Morgan fingerprint density at radius 2 is 2.27 bits per heavy atom. The van der Waals surface area contributed by atoms with Crippen molar-refractivity contribution in [1.82, 2.24) is 9.57 Å². The monoisotopic (exact) mass is 236 g/mol. The third-order valence-corrected chi connectivity index (χ3v) is 4.65. The van der Waals surface area contributed by atoms with Crippen molar-refractivity contribution < 1.29 is 13.8 Å². The fraction of sp³-hybridized carbons (Fsp3) is 1.00. The van der Waals surface area contributed by atoms with Crippen LogP contribution in [0.5, 0.6) is 0 Å². The molecule has 0 aromatic heterocycles. The molecule has 0 aliphatic carbocycles. The van der Waals surface area contributed by atoms with Crippen LogP contribution in [0.15, 0.2) is 0 Å². The van der Waals surface area contributed by atoms with E-state index in [0.29, 0.717) is 6.61 Å². The largest absolute Gasteiger partial charge is 0.373 e. The molecule has 1 rings (SSSR count). The van der Waals surface area contributed by atoms with Crippen LogP contribution in [-0.4, -0.2) is 69.8 Å². The molecule has 6 heteroatoms. The van der Waals surface area contributed by atoms with Gasteiger partial charge >= 0.3 is 0 Å². The molecule has 0 bridgehead atoms. The summed E-state index contributed by atoms with van der Waals surface area (Å²) in [5.74, 6) is 0. The van der Waals surface area contributed by atoms with Crippen molar-refractivity contribution in [3.8, 4) is 0 Å². The van der Waals surface area contributed by atoms with Gasteiger partial charge in [-0.15, -0.1) is 0 Å². The number of hydrogen-bond acceptors (Lipinski definition) is 4.